The SMILES string of the molecule is Cl.NC1C2CCCC1CC(C(=O)Nc1ccccc1Cl)C2. The highest BCUT2D eigenvalue weighted by molar-refractivity contribution is 6.33. The second kappa shape index (κ2) is 6.99. The molecular weight excluding hydrogens is 307 g/mol. The van der Waals surface area contributed by atoms with Crippen molar-refractivity contribution < 1.29 is 4.79 Å². The van der Waals surface area contributed by atoms with Gasteiger partial charge in [-0.25, -0.2) is 0 Å². The third-order valence-corrected chi connectivity index (χ3v) is 5.25. The van der Waals surface area contributed by atoms with Crippen molar-refractivity contribution >= 4 is 35.6 Å². The molecule has 0 aromatic heterocycles. The lowest BCUT2D eigenvalue weighted by Gasteiger charge is -2.43. The largest absolute Gasteiger partial charge is 0.327 e. The minimum Gasteiger partial charge on any atom is -0.327 e. The smallest absolute Gasteiger partial charge is 0.227 e. The number of carbonyl (C=O) groups excluding carboxylic acids is 1. The zero-order valence-corrected chi connectivity index (χ0v) is 13.5. The van der Waals surface area contributed by atoms with E-state index in [2.05, 4.69) is 5.32 Å². The van der Waals surface area contributed by atoms with E-state index < -0.39 is 0 Å². The monoisotopic (exact) mass is 328 g/mol. The highest BCUT2D eigenvalue weighted by Gasteiger charge is 2.40. The second-order valence-corrected chi connectivity index (χ2v) is 6.57. The number of carbonyl (C=O) groups is 1. The van der Waals surface area contributed by atoms with Crippen LogP contribution >= 0.6 is 24.0 Å². The van der Waals surface area contributed by atoms with Crippen molar-refractivity contribution in [3.05, 3.63) is 29.3 Å². The van der Waals surface area contributed by atoms with Gasteiger partial charge >= 0.3 is 0 Å². The number of para-hydroxylation sites is 1. The number of halogens is 2. The van der Waals surface area contributed by atoms with E-state index >= 15 is 0 Å². The van der Waals surface area contributed by atoms with Crippen LogP contribution in [0.25, 0.3) is 0 Å². The summed E-state index contributed by atoms with van der Waals surface area (Å²) < 4.78 is 0. The highest BCUT2D eigenvalue weighted by Crippen LogP contribution is 2.42. The molecule has 3 N–H and O–H groups in total. The van der Waals surface area contributed by atoms with Crippen molar-refractivity contribution in [2.75, 3.05) is 5.32 Å². The van der Waals surface area contributed by atoms with E-state index in [1.54, 1.807) is 6.07 Å². The molecule has 1 aromatic rings. The van der Waals surface area contributed by atoms with Gasteiger partial charge < -0.3 is 11.1 Å². The topological polar surface area (TPSA) is 55.1 Å². The average molecular weight is 329 g/mol. The van der Waals surface area contributed by atoms with Gasteiger partial charge in [-0.3, -0.25) is 4.79 Å². The van der Waals surface area contributed by atoms with Crippen LogP contribution in [0.2, 0.25) is 5.02 Å². The number of fused-ring (bicyclic) bond motifs is 2. The molecule has 1 aromatic carbocycles. The van der Waals surface area contributed by atoms with Crippen molar-refractivity contribution in [2.45, 2.75) is 38.1 Å². The first kappa shape index (κ1) is 16.6. The fourth-order valence-electron chi connectivity index (χ4n) is 3.80. The first-order valence-electron chi connectivity index (χ1n) is 7.46. The number of nitrogens with one attached hydrogen (secondary N) is 1. The van der Waals surface area contributed by atoms with Crippen molar-refractivity contribution in [1.82, 2.24) is 0 Å². The van der Waals surface area contributed by atoms with Gasteiger partial charge in [0.15, 0.2) is 0 Å². The molecular formula is C16H22Cl2N2O. The molecule has 0 spiro atoms. The Morgan fingerprint density at radius 1 is 1.19 bits per heavy atom. The molecule has 2 fully saturated rings. The van der Waals surface area contributed by atoms with Gasteiger partial charge in [-0.1, -0.05) is 30.2 Å². The molecule has 2 aliphatic rings. The van der Waals surface area contributed by atoms with Crippen molar-refractivity contribution in [2.24, 2.45) is 23.5 Å². The van der Waals surface area contributed by atoms with Crippen LogP contribution in [0.5, 0.6) is 0 Å². The molecule has 116 valence electrons. The van der Waals surface area contributed by atoms with E-state index in [9.17, 15) is 4.79 Å². The number of hydrogen-bond donors (Lipinski definition) is 2. The summed E-state index contributed by atoms with van der Waals surface area (Å²) in [5, 5.41) is 3.56. The van der Waals surface area contributed by atoms with Gasteiger partial charge in [0.1, 0.15) is 0 Å². The van der Waals surface area contributed by atoms with E-state index in [4.69, 9.17) is 17.3 Å². The minimum absolute atomic E-state index is 0. The van der Waals surface area contributed by atoms with Crippen LogP contribution in [-0.4, -0.2) is 11.9 Å². The summed E-state index contributed by atoms with van der Waals surface area (Å²) in [4.78, 5) is 12.4. The summed E-state index contributed by atoms with van der Waals surface area (Å²) in [7, 11) is 0. The third-order valence-electron chi connectivity index (χ3n) is 4.92. The first-order chi connectivity index (χ1) is 9.65. The molecule has 2 aliphatic carbocycles. The van der Waals surface area contributed by atoms with Gasteiger partial charge in [0.05, 0.1) is 10.7 Å². The maximum atomic E-state index is 12.4. The molecule has 21 heavy (non-hydrogen) atoms. The van der Waals surface area contributed by atoms with E-state index in [0.29, 0.717) is 28.6 Å². The van der Waals surface area contributed by atoms with Gasteiger partial charge in [0, 0.05) is 12.0 Å². The average Bonchev–Trinajstić information content (AvgIpc) is 2.41. The molecule has 2 atom stereocenters. The fourth-order valence-corrected chi connectivity index (χ4v) is 3.98. The third kappa shape index (κ3) is 3.53. The molecule has 5 heteroatoms. The van der Waals surface area contributed by atoms with Crippen molar-refractivity contribution in [3.63, 3.8) is 0 Å². The Hall–Kier alpha value is -0.770. The van der Waals surface area contributed by atoms with Crippen LogP contribution in [0.4, 0.5) is 5.69 Å². The molecule has 0 aliphatic heterocycles. The molecule has 0 saturated heterocycles. The number of hydrogen-bond acceptors (Lipinski definition) is 2. The summed E-state index contributed by atoms with van der Waals surface area (Å²) in [5.74, 6) is 1.22. The summed E-state index contributed by atoms with van der Waals surface area (Å²) in [6, 6.07) is 7.68. The van der Waals surface area contributed by atoms with Crippen LogP contribution in [-0.2, 0) is 4.79 Å². The standard InChI is InChI=1S/C16H21ClN2O.ClH/c17-13-6-1-2-7-14(13)19-16(20)12-8-10-4-3-5-11(9-12)15(10)18;/h1-2,6-7,10-12,15H,3-5,8-9,18H2,(H,19,20);1H. The second-order valence-electron chi connectivity index (χ2n) is 6.17. The molecule has 2 unspecified atom stereocenters. The van der Waals surface area contributed by atoms with Gasteiger partial charge in [-0.05, 0) is 49.7 Å². The molecule has 1 amide bonds. The lowest BCUT2D eigenvalue weighted by molar-refractivity contribution is -0.122. The van der Waals surface area contributed by atoms with Crippen molar-refractivity contribution in [3.8, 4) is 0 Å². The zero-order chi connectivity index (χ0) is 14.1. The lowest BCUT2D eigenvalue weighted by atomic mass is 9.65. The Kier molecular flexibility index (Phi) is 5.53. The number of amides is 1. The summed E-state index contributed by atoms with van der Waals surface area (Å²) in [6.07, 6.45) is 5.46. The maximum Gasteiger partial charge on any atom is 0.227 e. The van der Waals surface area contributed by atoms with Crippen LogP contribution in [0.1, 0.15) is 32.1 Å². The Morgan fingerprint density at radius 2 is 1.81 bits per heavy atom. The fraction of sp³-hybridized carbons (Fsp3) is 0.562. The highest BCUT2D eigenvalue weighted by atomic mass is 35.5. The van der Waals surface area contributed by atoms with E-state index in [1.165, 1.54) is 19.3 Å². The number of rotatable bonds is 2. The van der Waals surface area contributed by atoms with Crippen molar-refractivity contribution in [1.29, 1.82) is 0 Å². The predicted molar refractivity (Wildman–Crippen MR) is 88.9 cm³/mol. The number of nitrogens with two attached hydrogens (primary N) is 1. The lowest BCUT2D eigenvalue weighted by Crippen LogP contribution is -2.48. The van der Waals surface area contributed by atoms with E-state index in [-0.39, 0.29) is 24.2 Å². The Balaban J connectivity index is 0.00000161. The molecule has 3 rings (SSSR count). The molecule has 3 nitrogen and oxygen atoms in total. The predicted octanol–water partition coefficient (Wildman–Crippen LogP) is 3.85. The Morgan fingerprint density at radius 3 is 2.43 bits per heavy atom. The van der Waals surface area contributed by atoms with Gasteiger partial charge in [-0.2, -0.15) is 0 Å². The Bertz CT molecular complexity index is 495. The first-order valence-corrected chi connectivity index (χ1v) is 7.84. The summed E-state index contributed by atoms with van der Waals surface area (Å²) in [5.41, 5.74) is 6.98. The van der Waals surface area contributed by atoms with E-state index in [1.807, 2.05) is 18.2 Å². The molecule has 0 heterocycles. The quantitative estimate of drug-likeness (QED) is 0.866. The molecule has 0 radical (unpaired) electrons. The van der Waals surface area contributed by atoms with Crippen LogP contribution in [0.15, 0.2) is 24.3 Å². The van der Waals surface area contributed by atoms with Crippen LogP contribution in [0.3, 0.4) is 0 Å². The van der Waals surface area contributed by atoms with Crippen LogP contribution in [0, 0.1) is 17.8 Å². The summed E-state index contributed by atoms with van der Waals surface area (Å²) in [6.45, 7) is 0. The maximum absolute atomic E-state index is 12.4. The van der Waals surface area contributed by atoms with Crippen LogP contribution < -0.4 is 11.1 Å². The Labute approximate surface area is 137 Å². The minimum atomic E-state index is 0. The molecule has 2 bridgehead atoms. The van der Waals surface area contributed by atoms with Gasteiger partial charge in [-0.15, -0.1) is 12.4 Å². The molecule has 2 saturated carbocycles. The normalized spacial score (nSPS) is 31.1. The van der Waals surface area contributed by atoms with Gasteiger partial charge in [0.2, 0.25) is 5.91 Å². The van der Waals surface area contributed by atoms with E-state index in [0.717, 1.165) is 12.8 Å². The van der Waals surface area contributed by atoms with Gasteiger partial charge in [0.25, 0.3) is 0 Å². The zero-order valence-electron chi connectivity index (χ0n) is 11.9. The number of anilines is 1. The number of benzene rings is 1. The summed E-state index contributed by atoms with van der Waals surface area (Å²) >= 11 is 6.09.